The fourth-order valence-corrected chi connectivity index (χ4v) is 1.64. The van der Waals surface area contributed by atoms with E-state index in [1.165, 1.54) is 18.4 Å². The summed E-state index contributed by atoms with van der Waals surface area (Å²) in [6, 6.07) is 0. The zero-order chi connectivity index (χ0) is 14.0. The molecule has 2 aliphatic heterocycles. The first-order chi connectivity index (χ1) is 9.04. The van der Waals surface area contributed by atoms with E-state index in [9.17, 15) is 20.0 Å². The maximum atomic E-state index is 11.6. The van der Waals surface area contributed by atoms with Crippen LogP contribution in [0, 0.1) is 10.1 Å². The number of nitrogens with zero attached hydrogens (tertiary/aromatic N) is 3. The van der Waals surface area contributed by atoms with Gasteiger partial charge in [0.15, 0.2) is 6.23 Å². The summed E-state index contributed by atoms with van der Waals surface area (Å²) in [7, 11) is 0. The first kappa shape index (κ1) is 13.0. The molecule has 0 saturated carbocycles. The number of carbonyl (C=O) groups is 1. The monoisotopic (exact) mass is 265 g/mol. The molecule has 0 aliphatic carbocycles. The molecule has 0 amide bonds. The predicted octanol–water partition coefficient (Wildman–Crippen LogP) is 0.154. The largest absolute Gasteiger partial charge is 0.462 e. The number of ether oxygens (including phenoxy) is 1. The Kier molecular flexibility index (Phi) is 3.43. The molecule has 2 aliphatic rings. The van der Waals surface area contributed by atoms with Crippen molar-refractivity contribution in [2.75, 3.05) is 6.61 Å². The van der Waals surface area contributed by atoms with Crippen LogP contribution >= 0.6 is 0 Å². The average Bonchev–Trinajstić information content (AvgIpc) is 2.39. The first-order valence-corrected chi connectivity index (χ1v) is 5.50. The molecule has 1 unspecified atom stereocenters. The number of rotatable bonds is 3. The van der Waals surface area contributed by atoms with Gasteiger partial charge in [-0.15, -0.1) is 0 Å². The minimum absolute atomic E-state index is 0.0696. The smallest absolute Gasteiger partial charge is 0.340 e. The molecule has 0 aromatic heterocycles. The fourth-order valence-electron chi connectivity index (χ4n) is 1.64. The summed E-state index contributed by atoms with van der Waals surface area (Å²) in [6.07, 6.45) is 3.62. The molecule has 0 radical (unpaired) electrons. The summed E-state index contributed by atoms with van der Waals surface area (Å²) in [5, 5.41) is 20.7. The van der Waals surface area contributed by atoms with Crippen LogP contribution in [-0.2, 0) is 9.53 Å². The number of aliphatic hydroxyl groups excluding tert-OH is 1. The maximum Gasteiger partial charge on any atom is 0.340 e. The molecule has 2 heterocycles. The van der Waals surface area contributed by atoms with E-state index in [0.29, 0.717) is 5.84 Å². The van der Waals surface area contributed by atoms with E-state index in [-0.39, 0.29) is 17.9 Å². The van der Waals surface area contributed by atoms with Crippen LogP contribution in [0.25, 0.3) is 0 Å². The van der Waals surface area contributed by atoms with Crippen LogP contribution in [0.5, 0.6) is 0 Å². The summed E-state index contributed by atoms with van der Waals surface area (Å²) >= 11 is 0. The topological polar surface area (TPSA) is 105 Å². The molecule has 0 aromatic carbocycles. The highest BCUT2D eigenvalue weighted by molar-refractivity contribution is 5.99. The third kappa shape index (κ3) is 2.38. The molecule has 100 valence electrons. The second-order valence-corrected chi connectivity index (χ2v) is 3.72. The average molecular weight is 265 g/mol. The molecule has 8 nitrogen and oxygen atoms in total. The van der Waals surface area contributed by atoms with Gasteiger partial charge >= 0.3 is 5.97 Å². The molecule has 0 spiro atoms. The van der Waals surface area contributed by atoms with Gasteiger partial charge in [-0.3, -0.25) is 15.0 Å². The minimum atomic E-state index is -1.36. The SMILES string of the molecule is CCOC(=O)C1=CN=C2C=CC([N+](=O)[O-])=CN2C1O. The van der Waals surface area contributed by atoms with E-state index >= 15 is 0 Å². The van der Waals surface area contributed by atoms with Crippen LogP contribution in [0.4, 0.5) is 0 Å². The van der Waals surface area contributed by atoms with E-state index in [0.717, 1.165) is 11.1 Å². The van der Waals surface area contributed by atoms with Crippen molar-refractivity contribution in [1.82, 2.24) is 4.90 Å². The zero-order valence-corrected chi connectivity index (χ0v) is 10.0. The molecule has 1 atom stereocenters. The number of allylic oxidation sites excluding steroid dienone is 1. The number of carbonyl (C=O) groups excluding carboxylic acids is 1. The van der Waals surface area contributed by atoms with Gasteiger partial charge in [-0.1, -0.05) is 0 Å². The summed E-state index contributed by atoms with van der Waals surface area (Å²) in [5.74, 6) is -0.394. The number of hydrogen-bond acceptors (Lipinski definition) is 7. The second kappa shape index (κ2) is 5.02. The summed E-state index contributed by atoms with van der Waals surface area (Å²) < 4.78 is 4.77. The number of aliphatic hydroxyl groups is 1. The van der Waals surface area contributed by atoms with E-state index in [2.05, 4.69) is 4.99 Å². The maximum absolute atomic E-state index is 11.6. The van der Waals surface area contributed by atoms with Crippen molar-refractivity contribution >= 4 is 11.8 Å². The van der Waals surface area contributed by atoms with Gasteiger partial charge < -0.3 is 9.84 Å². The van der Waals surface area contributed by atoms with Crippen molar-refractivity contribution in [2.24, 2.45) is 4.99 Å². The number of nitro groups is 1. The molecular weight excluding hydrogens is 254 g/mol. The molecular formula is C11H11N3O5. The van der Waals surface area contributed by atoms with Crippen LogP contribution in [0.1, 0.15) is 6.92 Å². The van der Waals surface area contributed by atoms with Gasteiger partial charge in [-0.25, -0.2) is 9.79 Å². The lowest BCUT2D eigenvalue weighted by atomic mass is 10.1. The van der Waals surface area contributed by atoms with E-state index in [1.807, 2.05) is 0 Å². The van der Waals surface area contributed by atoms with Gasteiger partial charge in [0, 0.05) is 12.3 Å². The van der Waals surface area contributed by atoms with Gasteiger partial charge in [0.2, 0.25) is 0 Å². The Bertz CT molecular complexity index is 547. The lowest BCUT2D eigenvalue weighted by Gasteiger charge is -2.30. The standard InChI is InChI=1S/C11H11N3O5/c1-2-19-11(16)8-5-12-9-4-3-7(14(17)18)6-13(9)10(8)15/h3-6,10,15H,2H2,1H3. The molecule has 0 bridgehead atoms. The third-order valence-electron chi connectivity index (χ3n) is 2.54. The van der Waals surface area contributed by atoms with Crippen molar-refractivity contribution in [3.05, 3.63) is 45.9 Å². The lowest BCUT2D eigenvalue weighted by molar-refractivity contribution is -0.420. The van der Waals surface area contributed by atoms with E-state index in [4.69, 9.17) is 4.74 Å². The molecule has 19 heavy (non-hydrogen) atoms. The Labute approximate surface area is 108 Å². The normalized spacial score (nSPS) is 21.1. The number of aliphatic imine (C=N–C) groups is 1. The van der Waals surface area contributed by atoms with Gasteiger partial charge in [-0.05, 0) is 13.0 Å². The van der Waals surface area contributed by atoms with Gasteiger partial charge in [-0.2, -0.15) is 0 Å². The molecule has 2 rings (SSSR count). The first-order valence-electron chi connectivity index (χ1n) is 5.50. The number of amidine groups is 1. The summed E-state index contributed by atoms with van der Waals surface area (Å²) in [6.45, 7) is 1.80. The third-order valence-corrected chi connectivity index (χ3v) is 2.54. The van der Waals surface area contributed by atoms with Crippen molar-refractivity contribution < 1.29 is 19.6 Å². The molecule has 0 aromatic rings. The zero-order valence-electron chi connectivity index (χ0n) is 10.0. The van der Waals surface area contributed by atoms with Crippen molar-refractivity contribution in [3.8, 4) is 0 Å². The van der Waals surface area contributed by atoms with Gasteiger partial charge in [0.05, 0.1) is 17.7 Å². The van der Waals surface area contributed by atoms with E-state index in [1.54, 1.807) is 6.92 Å². The highest BCUT2D eigenvalue weighted by Gasteiger charge is 2.32. The van der Waals surface area contributed by atoms with Crippen LogP contribution in [-0.4, -0.2) is 39.6 Å². The predicted molar refractivity (Wildman–Crippen MR) is 64.2 cm³/mol. The summed E-state index contributed by atoms with van der Waals surface area (Å²) in [5.41, 5.74) is -0.275. The Balaban J connectivity index is 2.30. The van der Waals surface area contributed by atoms with Gasteiger partial charge in [0.1, 0.15) is 11.4 Å². The van der Waals surface area contributed by atoms with Crippen LogP contribution in [0.2, 0.25) is 0 Å². The summed E-state index contributed by atoms with van der Waals surface area (Å²) in [4.78, 5) is 26.8. The number of esters is 1. The van der Waals surface area contributed by atoms with Crippen LogP contribution in [0.15, 0.2) is 40.8 Å². The van der Waals surface area contributed by atoms with Crippen LogP contribution in [0.3, 0.4) is 0 Å². The minimum Gasteiger partial charge on any atom is -0.462 e. The van der Waals surface area contributed by atoms with Crippen molar-refractivity contribution in [1.29, 1.82) is 0 Å². The Morgan fingerprint density at radius 3 is 3.00 bits per heavy atom. The second-order valence-electron chi connectivity index (χ2n) is 3.72. The fraction of sp³-hybridized carbons (Fsp3) is 0.273. The molecule has 0 fully saturated rings. The Morgan fingerprint density at radius 2 is 2.37 bits per heavy atom. The molecule has 0 saturated heterocycles. The quantitative estimate of drug-likeness (QED) is 0.442. The van der Waals surface area contributed by atoms with Crippen LogP contribution < -0.4 is 0 Å². The van der Waals surface area contributed by atoms with Crippen molar-refractivity contribution in [2.45, 2.75) is 13.2 Å². The molecule has 1 N–H and O–H groups in total. The van der Waals surface area contributed by atoms with Crippen molar-refractivity contribution in [3.63, 3.8) is 0 Å². The van der Waals surface area contributed by atoms with Gasteiger partial charge in [0.25, 0.3) is 5.70 Å². The lowest BCUT2D eigenvalue weighted by Crippen LogP contribution is -2.42. The Hall–Kier alpha value is -2.48. The number of hydrogen-bond donors (Lipinski definition) is 1. The Morgan fingerprint density at radius 1 is 1.63 bits per heavy atom. The molecule has 8 heteroatoms. The number of fused-ring (bicyclic) bond motifs is 1. The highest BCUT2D eigenvalue weighted by Crippen LogP contribution is 2.21. The van der Waals surface area contributed by atoms with E-state index < -0.39 is 17.1 Å². The highest BCUT2D eigenvalue weighted by atomic mass is 16.6.